The highest BCUT2D eigenvalue weighted by molar-refractivity contribution is 5.95. The molecule has 1 aromatic carbocycles. The summed E-state index contributed by atoms with van der Waals surface area (Å²) in [6.07, 6.45) is 0. The Morgan fingerprint density at radius 1 is 1.18 bits per heavy atom. The molecule has 1 rings (SSSR count). The van der Waals surface area contributed by atoms with E-state index in [2.05, 4.69) is 0 Å². The van der Waals surface area contributed by atoms with Crippen LogP contribution in [0.25, 0.3) is 0 Å². The van der Waals surface area contributed by atoms with Crippen molar-refractivity contribution in [1.82, 2.24) is 0 Å². The molecule has 0 bridgehead atoms. The van der Waals surface area contributed by atoms with Gasteiger partial charge in [-0.15, -0.1) is 0 Å². The largest absolute Gasteiger partial charge is 0.508 e. The standard InChI is InChI=1S/C7H4N2O7.CH4/c10-3-1-4(7(11)12)6(9(15)16)5(2-3)8(13)14;/h1-2,10H,(H,11,12);1H4. The van der Waals surface area contributed by atoms with Gasteiger partial charge in [0.05, 0.1) is 15.9 Å². The lowest BCUT2D eigenvalue weighted by atomic mass is 10.1. The van der Waals surface area contributed by atoms with Crippen LogP contribution in [-0.2, 0) is 0 Å². The SMILES string of the molecule is C.O=C(O)c1cc(O)cc([N+](=O)[O-])c1[N+](=O)[O-]. The fraction of sp³-hybridized carbons (Fsp3) is 0.125. The van der Waals surface area contributed by atoms with Gasteiger partial charge < -0.3 is 10.2 Å². The summed E-state index contributed by atoms with van der Waals surface area (Å²) in [5, 5.41) is 38.6. The van der Waals surface area contributed by atoms with Gasteiger partial charge in [0.15, 0.2) is 0 Å². The van der Waals surface area contributed by atoms with Gasteiger partial charge in [-0.3, -0.25) is 20.2 Å². The van der Waals surface area contributed by atoms with Crippen LogP contribution < -0.4 is 0 Å². The molecule has 0 aliphatic rings. The molecule has 0 atom stereocenters. The number of aromatic hydroxyl groups is 1. The smallest absolute Gasteiger partial charge is 0.360 e. The van der Waals surface area contributed by atoms with Gasteiger partial charge in [0.25, 0.3) is 0 Å². The highest BCUT2D eigenvalue weighted by Gasteiger charge is 2.32. The molecular formula is C8H8N2O7. The lowest BCUT2D eigenvalue weighted by Crippen LogP contribution is -2.05. The van der Waals surface area contributed by atoms with Crippen molar-refractivity contribution in [2.24, 2.45) is 0 Å². The highest BCUT2D eigenvalue weighted by Crippen LogP contribution is 2.34. The van der Waals surface area contributed by atoms with Crippen LogP contribution in [0.1, 0.15) is 17.8 Å². The molecule has 0 heterocycles. The molecule has 0 saturated carbocycles. The van der Waals surface area contributed by atoms with Crippen molar-refractivity contribution in [1.29, 1.82) is 0 Å². The number of nitro benzene ring substituents is 2. The van der Waals surface area contributed by atoms with E-state index in [1.54, 1.807) is 0 Å². The summed E-state index contributed by atoms with van der Waals surface area (Å²) in [4.78, 5) is 29.3. The van der Waals surface area contributed by atoms with Crippen molar-refractivity contribution >= 4 is 17.3 Å². The molecule has 0 radical (unpaired) electrons. The van der Waals surface area contributed by atoms with Gasteiger partial charge in [-0.2, -0.15) is 0 Å². The number of hydrogen-bond donors (Lipinski definition) is 2. The number of benzene rings is 1. The zero-order valence-electron chi connectivity index (χ0n) is 7.48. The fourth-order valence-electron chi connectivity index (χ4n) is 1.10. The monoisotopic (exact) mass is 244 g/mol. The first-order valence-electron chi connectivity index (χ1n) is 3.73. The number of nitrogens with zero attached hydrogens (tertiary/aromatic N) is 2. The molecule has 0 aliphatic carbocycles. The van der Waals surface area contributed by atoms with Crippen molar-refractivity contribution < 1.29 is 24.9 Å². The average molecular weight is 244 g/mol. The third-order valence-corrected chi connectivity index (χ3v) is 1.68. The van der Waals surface area contributed by atoms with E-state index in [0.717, 1.165) is 0 Å². The Balaban J connectivity index is 0.00000256. The molecule has 0 amide bonds. The summed E-state index contributed by atoms with van der Waals surface area (Å²) in [7, 11) is 0. The van der Waals surface area contributed by atoms with Gasteiger partial charge in [0, 0.05) is 6.07 Å². The number of phenols is 1. The van der Waals surface area contributed by atoms with E-state index in [9.17, 15) is 25.0 Å². The summed E-state index contributed by atoms with van der Waals surface area (Å²) in [6.45, 7) is 0. The van der Waals surface area contributed by atoms with Crippen molar-refractivity contribution in [3.8, 4) is 5.75 Å². The van der Waals surface area contributed by atoms with Crippen LogP contribution in [0.3, 0.4) is 0 Å². The first-order chi connectivity index (χ1) is 7.34. The number of rotatable bonds is 3. The predicted octanol–water partition coefficient (Wildman–Crippen LogP) is 1.54. The van der Waals surface area contributed by atoms with Gasteiger partial charge in [-0.25, -0.2) is 4.79 Å². The highest BCUT2D eigenvalue weighted by atomic mass is 16.6. The van der Waals surface area contributed by atoms with E-state index in [0.29, 0.717) is 12.1 Å². The second-order valence-electron chi connectivity index (χ2n) is 2.68. The Hall–Kier alpha value is -2.71. The zero-order chi connectivity index (χ0) is 12.5. The van der Waals surface area contributed by atoms with Crippen LogP contribution in [0.4, 0.5) is 11.4 Å². The molecule has 0 fully saturated rings. The summed E-state index contributed by atoms with van der Waals surface area (Å²) >= 11 is 0. The molecule has 0 saturated heterocycles. The Morgan fingerprint density at radius 2 is 1.71 bits per heavy atom. The topological polar surface area (TPSA) is 144 Å². The van der Waals surface area contributed by atoms with Crippen LogP contribution in [0.15, 0.2) is 12.1 Å². The number of carboxylic acids is 1. The lowest BCUT2D eigenvalue weighted by molar-refractivity contribution is -0.422. The van der Waals surface area contributed by atoms with Crippen LogP contribution >= 0.6 is 0 Å². The molecule has 0 unspecified atom stereocenters. The minimum atomic E-state index is -1.73. The zero-order valence-corrected chi connectivity index (χ0v) is 7.48. The summed E-state index contributed by atoms with van der Waals surface area (Å²) < 4.78 is 0. The van der Waals surface area contributed by atoms with E-state index in [-0.39, 0.29) is 7.43 Å². The van der Waals surface area contributed by atoms with Crippen LogP contribution in [0, 0.1) is 20.2 Å². The van der Waals surface area contributed by atoms with Crippen LogP contribution in [-0.4, -0.2) is 26.0 Å². The van der Waals surface area contributed by atoms with Crippen LogP contribution in [0.2, 0.25) is 0 Å². The first-order valence-corrected chi connectivity index (χ1v) is 3.73. The Bertz CT molecular complexity index is 462. The number of carbonyl (C=O) groups is 1. The number of phenolic OH excluding ortho intramolecular Hbond substituents is 1. The van der Waals surface area contributed by atoms with Gasteiger partial charge >= 0.3 is 17.3 Å². The van der Waals surface area contributed by atoms with E-state index in [1.165, 1.54) is 0 Å². The van der Waals surface area contributed by atoms with Crippen molar-refractivity contribution in [2.75, 3.05) is 0 Å². The van der Waals surface area contributed by atoms with Crippen molar-refractivity contribution in [3.63, 3.8) is 0 Å². The molecule has 9 heteroatoms. The first kappa shape index (κ1) is 14.3. The van der Waals surface area contributed by atoms with Crippen LogP contribution in [0.5, 0.6) is 5.75 Å². The molecule has 9 nitrogen and oxygen atoms in total. The van der Waals surface area contributed by atoms with Crippen molar-refractivity contribution in [2.45, 2.75) is 7.43 Å². The third-order valence-electron chi connectivity index (χ3n) is 1.68. The molecule has 0 spiro atoms. The summed E-state index contributed by atoms with van der Waals surface area (Å²) in [5.41, 5.74) is -3.16. The Kier molecular flexibility index (Phi) is 4.10. The summed E-state index contributed by atoms with van der Waals surface area (Å²) in [6, 6.07) is 1.10. The molecular weight excluding hydrogens is 236 g/mol. The van der Waals surface area contributed by atoms with E-state index in [4.69, 9.17) is 10.2 Å². The Morgan fingerprint density at radius 3 is 2.06 bits per heavy atom. The average Bonchev–Trinajstić information content (AvgIpc) is 2.15. The van der Waals surface area contributed by atoms with Gasteiger partial charge in [-0.1, -0.05) is 7.43 Å². The van der Waals surface area contributed by atoms with E-state index in [1.807, 2.05) is 0 Å². The number of aromatic carboxylic acids is 1. The van der Waals surface area contributed by atoms with E-state index < -0.39 is 38.5 Å². The maximum Gasteiger partial charge on any atom is 0.360 e. The molecule has 17 heavy (non-hydrogen) atoms. The van der Waals surface area contributed by atoms with Gasteiger partial charge in [0.2, 0.25) is 0 Å². The molecule has 2 N–H and O–H groups in total. The minimum absolute atomic E-state index is 0. The number of hydrogen-bond acceptors (Lipinski definition) is 6. The number of carboxylic acid groups (broad SMARTS) is 1. The van der Waals surface area contributed by atoms with Crippen molar-refractivity contribution in [3.05, 3.63) is 37.9 Å². The molecule has 0 aliphatic heterocycles. The van der Waals surface area contributed by atoms with Gasteiger partial charge in [-0.05, 0) is 0 Å². The lowest BCUT2D eigenvalue weighted by Gasteiger charge is -2.00. The maximum absolute atomic E-state index is 10.6. The third kappa shape index (κ3) is 2.65. The quantitative estimate of drug-likeness (QED) is 0.605. The second kappa shape index (κ2) is 4.88. The van der Waals surface area contributed by atoms with E-state index >= 15 is 0 Å². The van der Waals surface area contributed by atoms with Gasteiger partial charge in [0.1, 0.15) is 11.3 Å². The predicted molar refractivity (Wildman–Crippen MR) is 55.1 cm³/mol. The Labute approximate surface area is 94.2 Å². The molecule has 0 aromatic heterocycles. The molecule has 92 valence electrons. The molecule has 1 aromatic rings. The normalized spacial score (nSPS) is 9.18. The minimum Gasteiger partial charge on any atom is -0.508 e. The maximum atomic E-state index is 10.6. The summed E-state index contributed by atoms with van der Waals surface area (Å²) in [5.74, 6) is -2.46. The second-order valence-corrected chi connectivity index (χ2v) is 2.68. The number of nitro groups is 2. The fourth-order valence-corrected chi connectivity index (χ4v) is 1.10.